The van der Waals surface area contributed by atoms with Gasteiger partial charge in [0, 0.05) is 17.9 Å². The SMILES string of the molecule is CC[C@H]1OC(=O)[C@H](C)[C@@H](O)[C@H](C)[C@@H](O[C@H]2O[C@@H](C)C[C@@H](N(C)C)[C@@H]2O)[C@@H](C)C[C@@H](C)C(=O)/C=C/[C@]1(C)O. The van der Waals surface area contributed by atoms with E-state index in [0.717, 1.165) is 0 Å². The number of cyclic esters (lactones) is 1. The third kappa shape index (κ3) is 7.83. The van der Waals surface area contributed by atoms with E-state index in [4.69, 9.17) is 14.2 Å². The number of esters is 1. The minimum absolute atomic E-state index is 0.145. The third-order valence-corrected chi connectivity index (χ3v) is 8.15. The van der Waals surface area contributed by atoms with Gasteiger partial charge in [0.05, 0.1) is 24.2 Å². The van der Waals surface area contributed by atoms with Crippen molar-refractivity contribution in [3.63, 3.8) is 0 Å². The van der Waals surface area contributed by atoms with Crippen LogP contribution in [0.4, 0.5) is 0 Å². The zero-order valence-electron chi connectivity index (χ0n) is 24.0. The molecule has 0 bridgehead atoms. The highest BCUT2D eigenvalue weighted by molar-refractivity contribution is 5.91. The number of aliphatic hydroxyl groups excluding tert-OH is 2. The Morgan fingerprint density at radius 3 is 2.27 bits per heavy atom. The molecule has 1 saturated heterocycles. The average Bonchev–Trinajstić information content (AvgIpc) is 2.83. The molecule has 0 radical (unpaired) electrons. The molecule has 0 spiro atoms. The summed E-state index contributed by atoms with van der Waals surface area (Å²) >= 11 is 0. The Kier molecular flexibility index (Phi) is 11.3. The first-order valence-corrected chi connectivity index (χ1v) is 13.6. The van der Waals surface area contributed by atoms with Crippen molar-refractivity contribution >= 4 is 11.8 Å². The van der Waals surface area contributed by atoms with E-state index in [1.807, 2.05) is 39.8 Å². The summed E-state index contributed by atoms with van der Waals surface area (Å²) in [5, 5.41) is 33.2. The quantitative estimate of drug-likeness (QED) is 0.472. The molecule has 0 amide bonds. The second kappa shape index (κ2) is 13.1. The molecule has 2 aliphatic rings. The van der Waals surface area contributed by atoms with Crippen molar-refractivity contribution in [1.29, 1.82) is 0 Å². The summed E-state index contributed by atoms with van der Waals surface area (Å²) in [6.07, 6.45) is -0.450. The highest BCUT2D eigenvalue weighted by Gasteiger charge is 2.44. The molecule has 3 N–H and O–H groups in total. The second-order valence-corrected chi connectivity index (χ2v) is 11.7. The largest absolute Gasteiger partial charge is 0.459 e. The van der Waals surface area contributed by atoms with Gasteiger partial charge in [-0.25, -0.2) is 0 Å². The lowest BCUT2D eigenvalue weighted by atomic mass is 9.80. The van der Waals surface area contributed by atoms with E-state index in [9.17, 15) is 24.9 Å². The van der Waals surface area contributed by atoms with E-state index < -0.39 is 54.1 Å². The molecule has 214 valence electrons. The number of likely N-dealkylation sites (N-methyl/N-ethyl adjacent to an activating group) is 1. The van der Waals surface area contributed by atoms with Crippen molar-refractivity contribution in [2.75, 3.05) is 14.1 Å². The molecule has 0 aromatic carbocycles. The van der Waals surface area contributed by atoms with Gasteiger partial charge in [0.25, 0.3) is 0 Å². The Labute approximate surface area is 222 Å². The fraction of sp³-hybridized carbons (Fsp3) is 0.857. The number of rotatable bonds is 4. The van der Waals surface area contributed by atoms with Crippen molar-refractivity contribution in [3.8, 4) is 0 Å². The molecule has 2 rings (SSSR count). The molecule has 2 aliphatic heterocycles. The van der Waals surface area contributed by atoms with E-state index >= 15 is 0 Å². The van der Waals surface area contributed by atoms with Crippen molar-refractivity contribution in [3.05, 3.63) is 12.2 Å². The number of aliphatic hydroxyl groups is 3. The maximum absolute atomic E-state index is 13.0. The van der Waals surface area contributed by atoms with Crippen LogP contribution in [0, 0.1) is 23.7 Å². The molecule has 0 aromatic heterocycles. The summed E-state index contributed by atoms with van der Waals surface area (Å²) < 4.78 is 18.0. The number of hydrogen-bond acceptors (Lipinski definition) is 9. The number of nitrogens with zero attached hydrogens (tertiary/aromatic N) is 1. The average molecular weight is 528 g/mol. The monoisotopic (exact) mass is 527 g/mol. The highest BCUT2D eigenvalue weighted by atomic mass is 16.7. The zero-order valence-corrected chi connectivity index (χ0v) is 24.0. The fourth-order valence-electron chi connectivity index (χ4n) is 5.57. The van der Waals surface area contributed by atoms with Crippen molar-refractivity contribution in [2.45, 2.75) is 116 Å². The molecular formula is C28H49NO8. The van der Waals surface area contributed by atoms with Crippen LogP contribution in [0.2, 0.25) is 0 Å². The van der Waals surface area contributed by atoms with Crippen LogP contribution in [0.1, 0.15) is 67.7 Å². The van der Waals surface area contributed by atoms with Gasteiger partial charge in [-0.05, 0) is 72.2 Å². The smallest absolute Gasteiger partial charge is 0.311 e. The van der Waals surface area contributed by atoms with Crippen LogP contribution in [-0.2, 0) is 23.8 Å². The van der Waals surface area contributed by atoms with Crippen LogP contribution >= 0.6 is 0 Å². The van der Waals surface area contributed by atoms with Gasteiger partial charge in [-0.2, -0.15) is 0 Å². The van der Waals surface area contributed by atoms with E-state index in [1.54, 1.807) is 20.8 Å². The number of hydrogen-bond donors (Lipinski definition) is 3. The van der Waals surface area contributed by atoms with Crippen LogP contribution in [0.5, 0.6) is 0 Å². The van der Waals surface area contributed by atoms with Gasteiger partial charge in [-0.15, -0.1) is 0 Å². The Bertz CT molecular complexity index is 799. The summed E-state index contributed by atoms with van der Waals surface area (Å²) in [5.41, 5.74) is -1.54. The molecule has 0 saturated carbocycles. The molecule has 1 fully saturated rings. The summed E-state index contributed by atoms with van der Waals surface area (Å²) in [5.74, 6) is -2.86. The third-order valence-electron chi connectivity index (χ3n) is 8.15. The first-order chi connectivity index (χ1) is 17.1. The van der Waals surface area contributed by atoms with Crippen LogP contribution in [0.25, 0.3) is 0 Å². The van der Waals surface area contributed by atoms with Gasteiger partial charge in [-0.3, -0.25) is 9.59 Å². The molecule has 0 unspecified atom stereocenters. The topological polar surface area (TPSA) is 126 Å². The van der Waals surface area contributed by atoms with Crippen LogP contribution in [0.3, 0.4) is 0 Å². The van der Waals surface area contributed by atoms with Gasteiger partial charge < -0.3 is 34.4 Å². The minimum Gasteiger partial charge on any atom is -0.459 e. The van der Waals surface area contributed by atoms with Crippen LogP contribution in [0.15, 0.2) is 12.2 Å². The predicted molar refractivity (Wildman–Crippen MR) is 140 cm³/mol. The van der Waals surface area contributed by atoms with Gasteiger partial charge in [0.1, 0.15) is 17.8 Å². The fourth-order valence-corrected chi connectivity index (χ4v) is 5.57. The Morgan fingerprint density at radius 2 is 1.70 bits per heavy atom. The van der Waals surface area contributed by atoms with Crippen LogP contribution < -0.4 is 0 Å². The van der Waals surface area contributed by atoms with E-state index in [-0.39, 0.29) is 29.8 Å². The van der Waals surface area contributed by atoms with Gasteiger partial charge in [0.15, 0.2) is 12.1 Å². The number of allylic oxidation sites excluding steroid dienone is 1. The van der Waals surface area contributed by atoms with Gasteiger partial charge >= 0.3 is 5.97 Å². The first kappa shape index (κ1) is 31.9. The highest BCUT2D eigenvalue weighted by Crippen LogP contribution is 2.34. The molecule has 0 aliphatic carbocycles. The summed E-state index contributed by atoms with van der Waals surface area (Å²) in [6.45, 7) is 12.3. The number of carbonyl (C=O) groups is 2. The maximum Gasteiger partial charge on any atom is 0.311 e. The number of carbonyl (C=O) groups excluding carboxylic acids is 2. The summed E-state index contributed by atoms with van der Waals surface area (Å²) in [7, 11) is 3.79. The maximum atomic E-state index is 13.0. The Morgan fingerprint density at radius 1 is 1.08 bits per heavy atom. The Balaban J connectivity index is 2.43. The molecule has 9 nitrogen and oxygen atoms in total. The second-order valence-electron chi connectivity index (χ2n) is 11.7. The minimum atomic E-state index is -1.54. The van der Waals surface area contributed by atoms with Crippen molar-refractivity contribution in [1.82, 2.24) is 4.90 Å². The molecular weight excluding hydrogens is 478 g/mol. The normalized spacial score (nSPS) is 45.8. The van der Waals surface area contributed by atoms with E-state index in [1.165, 1.54) is 19.1 Å². The molecule has 12 atom stereocenters. The Hall–Kier alpha value is -1.36. The van der Waals surface area contributed by atoms with Crippen molar-refractivity contribution in [2.24, 2.45) is 23.7 Å². The lowest BCUT2D eigenvalue weighted by Crippen LogP contribution is -2.56. The van der Waals surface area contributed by atoms with Gasteiger partial charge in [-0.1, -0.05) is 27.7 Å². The zero-order chi connectivity index (χ0) is 28.2. The number of ketones is 1. The molecule has 2 heterocycles. The van der Waals surface area contributed by atoms with Crippen molar-refractivity contribution < 1.29 is 39.1 Å². The molecule has 37 heavy (non-hydrogen) atoms. The number of ether oxygens (including phenoxy) is 3. The standard InChI is InChI=1S/C28H49NO8/c1-10-22-28(7,34)12-11-21(30)15(2)13-16(3)25(18(5)23(31)19(6)26(33)36-22)37-27-24(32)20(29(8)9)14-17(4)35-27/h11-12,15-20,22-25,27,31-32,34H,10,13-14H2,1-9H3/b12-11+/t15-,16+,17+,18+,19-,20-,22-,23+,24+,25+,27-,28+/m1/s1. The lowest BCUT2D eigenvalue weighted by Gasteiger charge is -2.44. The van der Waals surface area contributed by atoms with E-state index in [0.29, 0.717) is 19.3 Å². The van der Waals surface area contributed by atoms with Gasteiger partial charge in [0.2, 0.25) is 0 Å². The first-order valence-electron chi connectivity index (χ1n) is 13.6. The predicted octanol–water partition coefficient (Wildman–Crippen LogP) is 2.30. The lowest BCUT2D eigenvalue weighted by molar-refractivity contribution is -0.283. The van der Waals surface area contributed by atoms with E-state index in [2.05, 4.69) is 0 Å². The summed E-state index contributed by atoms with van der Waals surface area (Å²) in [6, 6.07) is -0.166. The summed E-state index contributed by atoms with van der Waals surface area (Å²) in [4.78, 5) is 27.9. The molecule has 9 heteroatoms. The molecule has 0 aromatic rings. The van der Waals surface area contributed by atoms with Crippen LogP contribution in [-0.4, -0.2) is 94.5 Å².